The van der Waals surface area contributed by atoms with Crippen molar-refractivity contribution in [3.63, 3.8) is 0 Å². The van der Waals surface area contributed by atoms with Gasteiger partial charge in [0.2, 0.25) is 0 Å². The lowest BCUT2D eigenvalue weighted by molar-refractivity contribution is 0.0891. The zero-order valence-electron chi connectivity index (χ0n) is 10.8. The van der Waals surface area contributed by atoms with Gasteiger partial charge in [-0.3, -0.25) is 9.69 Å². The van der Waals surface area contributed by atoms with E-state index in [1.807, 2.05) is 50.2 Å². The molecule has 0 aliphatic heterocycles. The minimum absolute atomic E-state index is 0.106. The number of Topliss-reactive ketones (excluding diaryl/α,β-unsaturated/α-hetero) is 1. The Morgan fingerprint density at radius 2 is 1.72 bits per heavy atom. The summed E-state index contributed by atoms with van der Waals surface area (Å²) in [5.74, 6) is 0.346. The molecule has 0 saturated heterocycles. The molecule has 18 heavy (non-hydrogen) atoms. The van der Waals surface area contributed by atoms with Crippen LogP contribution in [0.3, 0.4) is 0 Å². The van der Waals surface area contributed by atoms with Crippen LogP contribution in [0.2, 0.25) is 0 Å². The van der Waals surface area contributed by atoms with E-state index in [-0.39, 0.29) is 17.6 Å². The molecule has 0 heterocycles. The Kier molecular flexibility index (Phi) is 3.34. The van der Waals surface area contributed by atoms with Gasteiger partial charge in [0.1, 0.15) is 5.75 Å². The summed E-state index contributed by atoms with van der Waals surface area (Å²) >= 11 is 0. The van der Waals surface area contributed by atoms with Crippen molar-refractivity contribution >= 4 is 16.6 Å². The van der Waals surface area contributed by atoms with Crippen LogP contribution in [0.1, 0.15) is 17.3 Å². The van der Waals surface area contributed by atoms with Crippen molar-refractivity contribution in [2.45, 2.75) is 13.0 Å². The van der Waals surface area contributed by atoms with Crippen molar-refractivity contribution in [3.8, 4) is 5.75 Å². The summed E-state index contributed by atoms with van der Waals surface area (Å²) in [5.41, 5.74) is 0.703. The zero-order chi connectivity index (χ0) is 13.3. The first-order valence-electron chi connectivity index (χ1n) is 5.92. The van der Waals surface area contributed by atoms with E-state index < -0.39 is 0 Å². The monoisotopic (exact) mass is 243 g/mol. The maximum Gasteiger partial charge on any atom is 0.179 e. The third-order valence-corrected chi connectivity index (χ3v) is 3.26. The van der Waals surface area contributed by atoms with E-state index in [4.69, 9.17) is 0 Å². The highest BCUT2D eigenvalue weighted by Crippen LogP contribution is 2.21. The number of hydrogen-bond acceptors (Lipinski definition) is 3. The summed E-state index contributed by atoms with van der Waals surface area (Å²) < 4.78 is 0. The zero-order valence-corrected chi connectivity index (χ0v) is 10.8. The van der Waals surface area contributed by atoms with E-state index in [0.29, 0.717) is 5.56 Å². The smallest absolute Gasteiger partial charge is 0.179 e. The van der Waals surface area contributed by atoms with Crippen LogP contribution in [-0.2, 0) is 0 Å². The highest BCUT2D eigenvalue weighted by atomic mass is 16.3. The lowest BCUT2D eigenvalue weighted by atomic mass is 10.0. The molecule has 0 aromatic heterocycles. The van der Waals surface area contributed by atoms with Gasteiger partial charge in [0.25, 0.3) is 0 Å². The second-order valence-electron chi connectivity index (χ2n) is 4.75. The standard InChI is InChI=1S/C15H17NO2/c1-10(16(2)3)15(18)13-5-4-12-9-14(17)7-6-11(12)8-13/h4-10,17H,1-3H3. The van der Waals surface area contributed by atoms with E-state index in [0.717, 1.165) is 10.8 Å². The summed E-state index contributed by atoms with van der Waals surface area (Å²) in [5, 5.41) is 11.3. The van der Waals surface area contributed by atoms with Crippen LogP contribution in [0.15, 0.2) is 36.4 Å². The van der Waals surface area contributed by atoms with Gasteiger partial charge < -0.3 is 5.11 Å². The van der Waals surface area contributed by atoms with E-state index in [1.165, 1.54) is 0 Å². The van der Waals surface area contributed by atoms with Crippen LogP contribution < -0.4 is 0 Å². The maximum atomic E-state index is 12.2. The number of phenolic OH excluding ortho intramolecular Hbond substituents is 1. The Balaban J connectivity index is 2.41. The molecular weight excluding hydrogens is 226 g/mol. The summed E-state index contributed by atoms with van der Waals surface area (Å²) in [7, 11) is 3.78. The highest BCUT2D eigenvalue weighted by molar-refractivity contribution is 6.02. The Hall–Kier alpha value is -1.87. The fourth-order valence-corrected chi connectivity index (χ4v) is 1.86. The third-order valence-electron chi connectivity index (χ3n) is 3.26. The van der Waals surface area contributed by atoms with Gasteiger partial charge in [0.05, 0.1) is 6.04 Å². The van der Waals surface area contributed by atoms with Crippen LogP contribution in [-0.4, -0.2) is 35.9 Å². The van der Waals surface area contributed by atoms with Crippen molar-refractivity contribution in [3.05, 3.63) is 42.0 Å². The van der Waals surface area contributed by atoms with Gasteiger partial charge in [0.15, 0.2) is 5.78 Å². The average Bonchev–Trinajstić information content (AvgIpc) is 2.36. The molecule has 0 radical (unpaired) electrons. The topological polar surface area (TPSA) is 40.5 Å². The molecule has 2 aromatic carbocycles. The summed E-state index contributed by atoms with van der Waals surface area (Å²) in [6.07, 6.45) is 0. The van der Waals surface area contributed by atoms with Crippen LogP contribution in [0.25, 0.3) is 10.8 Å². The summed E-state index contributed by atoms with van der Waals surface area (Å²) in [4.78, 5) is 14.1. The molecule has 0 spiro atoms. The van der Waals surface area contributed by atoms with Crippen molar-refractivity contribution in [2.24, 2.45) is 0 Å². The van der Waals surface area contributed by atoms with Gasteiger partial charge in [0, 0.05) is 5.56 Å². The van der Waals surface area contributed by atoms with Gasteiger partial charge in [-0.25, -0.2) is 0 Å². The first-order chi connectivity index (χ1) is 8.49. The summed E-state index contributed by atoms with van der Waals surface area (Å²) in [6, 6.07) is 10.6. The van der Waals surface area contributed by atoms with Crippen molar-refractivity contribution in [1.29, 1.82) is 0 Å². The molecule has 3 heteroatoms. The van der Waals surface area contributed by atoms with E-state index in [1.54, 1.807) is 12.1 Å². The Labute approximate surface area is 107 Å². The number of hydrogen-bond donors (Lipinski definition) is 1. The number of benzene rings is 2. The van der Waals surface area contributed by atoms with Crippen molar-refractivity contribution in [2.75, 3.05) is 14.1 Å². The molecule has 0 fully saturated rings. The molecule has 0 aliphatic carbocycles. The SMILES string of the molecule is CC(C(=O)c1ccc2cc(O)ccc2c1)N(C)C. The number of rotatable bonds is 3. The number of nitrogens with zero attached hydrogens (tertiary/aromatic N) is 1. The fourth-order valence-electron chi connectivity index (χ4n) is 1.86. The normalized spacial score (nSPS) is 12.9. The lowest BCUT2D eigenvalue weighted by Gasteiger charge is -2.18. The molecular formula is C15H17NO2. The minimum atomic E-state index is -0.139. The highest BCUT2D eigenvalue weighted by Gasteiger charge is 2.17. The molecule has 3 nitrogen and oxygen atoms in total. The minimum Gasteiger partial charge on any atom is -0.508 e. The number of fused-ring (bicyclic) bond motifs is 1. The second kappa shape index (κ2) is 4.78. The summed E-state index contributed by atoms with van der Waals surface area (Å²) in [6.45, 7) is 1.89. The van der Waals surface area contributed by atoms with Crippen molar-refractivity contribution < 1.29 is 9.90 Å². The van der Waals surface area contributed by atoms with Gasteiger partial charge in [-0.15, -0.1) is 0 Å². The first-order valence-corrected chi connectivity index (χ1v) is 5.92. The number of phenols is 1. The number of likely N-dealkylation sites (N-methyl/N-ethyl adjacent to an activating group) is 1. The average molecular weight is 243 g/mol. The first kappa shape index (κ1) is 12.6. The Morgan fingerprint density at radius 3 is 2.39 bits per heavy atom. The van der Waals surface area contributed by atoms with Crippen LogP contribution >= 0.6 is 0 Å². The predicted molar refractivity (Wildman–Crippen MR) is 73.1 cm³/mol. The molecule has 1 N–H and O–H groups in total. The molecule has 94 valence electrons. The van der Waals surface area contributed by atoms with E-state index in [2.05, 4.69) is 0 Å². The lowest BCUT2D eigenvalue weighted by Crippen LogP contribution is -2.32. The quantitative estimate of drug-likeness (QED) is 0.843. The van der Waals surface area contributed by atoms with Gasteiger partial charge in [-0.2, -0.15) is 0 Å². The van der Waals surface area contributed by atoms with E-state index >= 15 is 0 Å². The predicted octanol–water partition coefficient (Wildman–Crippen LogP) is 2.68. The number of ketones is 1. The molecule has 0 amide bonds. The van der Waals surface area contributed by atoms with E-state index in [9.17, 15) is 9.90 Å². The number of aromatic hydroxyl groups is 1. The maximum absolute atomic E-state index is 12.2. The van der Waals surface area contributed by atoms with Crippen LogP contribution in [0.4, 0.5) is 0 Å². The molecule has 2 rings (SSSR count). The molecule has 0 aliphatic rings. The fraction of sp³-hybridized carbons (Fsp3) is 0.267. The molecule has 0 saturated carbocycles. The third kappa shape index (κ3) is 2.36. The van der Waals surface area contributed by atoms with Gasteiger partial charge >= 0.3 is 0 Å². The number of carbonyl (C=O) groups excluding carboxylic acids is 1. The second-order valence-corrected chi connectivity index (χ2v) is 4.75. The van der Waals surface area contributed by atoms with Gasteiger partial charge in [-0.05, 0) is 50.0 Å². The molecule has 1 atom stereocenters. The Morgan fingerprint density at radius 1 is 1.11 bits per heavy atom. The van der Waals surface area contributed by atoms with Crippen LogP contribution in [0.5, 0.6) is 5.75 Å². The van der Waals surface area contributed by atoms with Gasteiger partial charge in [-0.1, -0.05) is 18.2 Å². The Bertz CT molecular complexity index is 590. The van der Waals surface area contributed by atoms with Crippen LogP contribution in [0, 0.1) is 0 Å². The largest absolute Gasteiger partial charge is 0.508 e. The molecule has 0 bridgehead atoms. The molecule has 2 aromatic rings. The van der Waals surface area contributed by atoms with Crippen molar-refractivity contribution in [1.82, 2.24) is 4.90 Å². The number of carbonyl (C=O) groups is 1. The molecule has 1 unspecified atom stereocenters.